The normalized spacial score (nSPS) is 10.8. The van der Waals surface area contributed by atoms with Crippen molar-refractivity contribution in [2.75, 3.05) is 33.3 Å². The van der Waals surface area contributed by atoms with Crippen molar-refractivity contribution in [3.63, 3.8) is 0 Å². The van der Waals surface area contributed by atoms with Crippen molar-refractivity contribution >= 4 is 5.97 Å². The molecular weight excluding hydrogens is 252 g/mol. The third-order valence-corrected chi connectivity index (χ3v) is 3.50. The van der Waals surface area contributed by atoms with Crippen LogP contribution in [0.3, 0.4) is 0 Å². The van der Waals surface area contributed by atoms with E-state index in [1.165, 1.54) is 7.11 Å². The smallest absolute Gasteiger partial charge is 0.309 e. The Labute approximate surface area is 122 Å². The Balaban J connectivity index is 2.45. The van der Waals surface area contributed by atoms with Crippen LogP contribution in [0, 0.1) is 0 Å². The van der Waals surface area contributed by atoms with E-state index in [0.717, 1.165) is 43.9 Å². The number of nitrogens with one attached hydrogen (secondary N) is 1. The molecule has 0 unspecified atom stereocenters. The van der Waals surface area contributed by atoms with E-state index < -0.39 is 0 Å². The van der Waals surface area contributed by atoms with Crippen molar-refractivity contribution in [2.24, 2.45) is 0 Å². The minimum atomic E-state index is -0.194. The fraction of sp³-hybridized carbons (Fsp3) is 0.562. The molecule has 0 saturated carbocycles. The van der Waals surface area contributed by atoms with Crippen LogP contribution < -0.4 is 5.32 Å². The molecule has 1 aromatic carbocycles. The molecule has 0 aliphatic heterocycles. The van der Waals surface area contributed by atoms with Crippen molar-refractivity contribution in [3.05, 3.63) is 35.4 Å². The first kappa shape index (κ1) is 16.7. The van der Waals surface area contributed by atoms with E-state index in [1.54, 1.807) is 0 Å². The molecule has 0 bridgehead atoms. The van der Waals surface area contributed by atoms with Crippen LogP contribution in [-0.2, 0) is 22.5 Å². The van der Waals surface area contributed by atoms with E-state index in [0.29, 0.717) is 6.42 Å². The van der Waals surface area contributed by atoms with E-state index in [9.17, 15) is 4.79 Å². The van der Waals surface area contributed by atoms with Crippen molar-refractivity contribution in [2.45, 2.75) is 26.8 Å². The fourth-order valence-electron chi connectivity index (χ4n) is 2.13. The summed E-state index contributed by atoms with van der Waals surface area (Å²) in [6.07, 6.45) is 0.338. The van der Waals surface area contributed by atoms with Gasteiger partial charge in [-0.15, -0.1) is 0 Å². The molecule has 0 fully saturated rings. The summed E-state index contributed by atoms with van der Waals surface area (Å²) in [5.74, 6) is -0.194. The number of hydrogen-bond donors (Lipinski definition) is 1. The van der Waals surface area contributed by atoms with Gasteiger partial charge in [0, 0.05) is 19.6 Å². The average molecular weight is 278 g/mol. The molecule has 0 spiro atoms. The van der Waals surface area contributed by atoms with Gasteiger partial charge in [-0.3, -0.25) is 4.79 Å². The van der Waals surface area contributed by atoms with Crippen LogP contribution in [0.4, 0.5) is 0 Å². The van der Waals surface area contributed by atoms with Gasteiger partial charge in [-0.2, -0.15) is 0 Å². The van der Waals surface area contributed by atoms with Crippen LogP contribution in [0.25, 0.3) is 0 Å². The number of carbonyl (C=O) groups excluding carboxylic acids is 1. The van der Waals surface area contributed by atoms with Crippen molar-refractivity contribution in [1.82, 2.24) is 10.2 Å². The zero-order valence-electron chi connectivity index (χ0n) is 12.8. The highest BCUT2D eigenvalue weighted by Gasteiger charge is 2.07. The lowest BCUT2D eigenvalue weighted by atomic mass is 10.0. The summed E-state index contributed by atoms with van der Waals surface area (Å²) in [5.41, 5.74) is 2.20. The Morgan fingerprint density at radius 1 is 1.20 bits per heavy atom. The number of esters is 1. The highest BCUT2D eigenvalue weighted by molar-refractivity contribution is 5.72. The third-order valence-electron chi connectivity index (χ3n) is 3.50. The summed E-state index contributed by atoms with van der Waals surface area (Å²) >= 11 is 0. The average Bonchev–Trinajstić information content (AvgIpc) is 2.48. The maximum Gasteiger partial charge on any atom is 0.309 e. The van der Waals surface area contributed by atoms with E-state index in [-0.39, 0.29) is 5.97 Å². The molecule has 0 heterocycles. The van der Waals surface area contributed by atoms with Gasteiger partial charge in [-0.05, 0) is 24.2 Å². The minimum absolute atomic E-state index is 0.194. The summed E-state index contributed by atoms with van der Waals surface area (Å²) in [6, 6.07) is 8.00. The van der Waals surface area contributed by atoms with Gasteiger partial charge in [0.05, 0.1) is 13.5 Å². The zero-order chi connectivity index (χ0) is 14.8. The minimum Gasteiger partial charge on any atom is -0.469 e. The number of hydrogen-bond acceptors (Lipinski definition) is 4. The van der Waals surface area contributed by atoms with Gasteiger partial charge in [-0.1, -0.05) is 38.1 Å². The Bertz CT molecular complexity index is 403. The van der Waals surface area contributed by atoms with Gasteiger partial charge in [0.2, 0.25) is 0 Å². The predicted molar refractivity (Wildman–Crippen MR) is 81.7 cm³/mol. The van der Waals surface area contributed by atoms with E-state index in [2.05, 4.69) is 30.1 Å². The van der Waals surface area contributed by atoms with Crippen molar-refractivity contribution in [1.29, 1.82) is 0 Å². The van der Waals surface area contributed by atoms with Gasteiger partial charge in [0.25, 0.3) is 0 Å². The lowest BCUT2D eigenvalue weighted by molar-refractivity contribution is -0.139. The summed E-state index contributed by atoms with van der Waals surface area (Å²) in [4.78, 5) is 13.8. The first-order valence-corrected chi connectivity index (χ1v) is 7.27. The standard InChI is InChI=1S/C16H26N2O2/c1-4-18(5-2)11-10-17-13-15-9-7-6-8-14(15)12-16(19)20-3/h6-9,17H,4-5,10-13H2,1-3H3. The zero-order valence-corrected chi connectivity index (χ0v) is 12.8. The predicted octanol–water partition coefficient (Wildman–Crippen LogP) is 1.83. The number of methoxy groups -OCH3 is 1. The molecule has 0 aliphatic rings. The van der Waals surface area contributed by atoms with Crippen molar-refractivity contribution in [3.8, 4) is 0 Å². The molecule has 1 aromatic rings. The van der Waals surface area contributed by atoms with E-state index in [1.807, 2.05) is 18.2 Å². The largest absolute Gasteiger partial charge is 0.469 e. The third kappa shape index (κ3) is 5.72. The maximum absolute atomic E-state index is 11.4. The fourth-order valence-corrected chi connectivity index (χ4v) is 2.13. The number of ether oxygens (including phenoxy) is 1. The van der Waals surface area contributed by atoms with Crippen LogP contribution in [-0.4, -0.2) is 44.2 Å². The Morgan fingerprint density at radius 3 is 2.45 bits per heavy atom. The van der Waals surface area contributed by atoms with E-state index >= 15 is 0 Å². The maximum atomic E-state index is 11.4. The quantitative estimate of drug-likeness (QED) is 0.553. The molecule has 4 heteroatoms. The molecule has 0 saturated heterocycles. The first-order valence-electron chi connectivity index (χ1n) is 7.27. The summed E-state index contributed by atoms with van der Waals surface area (Å²) in [6.45, 7) is 9.30. The molecule has 0 aromatic heterocycles. The first-order chi connectivity index (χ1) is 9.71. The van der Waals surface area contributed by atoms with E-state index in [4.69, 9.17) is 4.74 Å². The van der Waals surface area contributed by atoms with Crippen molar-refractivity contribution < 1.29 is 9.53 Å². The topological polar surface area (TPSA) is 41.6 Å². The number of nitrogens with zero attached hydrogens (tertiary/aromatic N) is 1. The molecule has 0 amide bonds. The van der Waals surface area contributed by atoms with Gasteiger partial charge in [0.15, 0.2) is 0 Å². The van der Waals surface area contributed by atoms with Gasteiger partial charge >= 0.3 is 5.97 Å². The molecule has 0 aliphatic carbocycles. The van der Waals surface area contributed by atoms with Crippen LogP contribution in [0.15, 0.2) is 24.3 Å². The SMILES string of the molecule is CCN(CC)CCNCc1ccccc1CC(=O)OC. The second-order valence-corrected chi connectivity index (χ2v) is 4.73. The monoisotopic (exact) mass is 278 g/mol. The molecule has 1 N–H and O–H groups in total. The number of benzene rings is 1. The van der Waals surface area contributed by atoms with Crippen LogP contribution in [0.1, 0.15) is 25.0 Å². The van der Waals surface area contributed by atoms with Gasteiger partial charge in [-0.25, -0.2) is 0 Å². The van der Waals surface area contributed by atoms with Gasteiger partial charge < -0.3 is 15.0 Å². The Morgan fingerprint density at radius 2 is 1.85 bits per heavy atom. The summed E-state index contributed by atoms with van der Waals surface area (Å²) < 4.78 is 4.73. The number of likely N-dealkylation sites (N-methyl/N-ethyl adjacent to an activating group) is 1. The Kier molecular flexibility index (Phi) is 7.92. The highest BCUT2D eigenvalue weighted by Crippen LogP contribution is 2.10. The number of rotatable bonds is 9. The molecule has 0 atom stereocenters. The summed E-state index contributed by atoms with van der Waals surface area (Å²) in [7, 11) is 1.42. The Hall–Kier alpha value is -1.39. The molecule has 20 heavy (non-hydrogen) atoms. The molecule has 4 nitrogen and oxygen atoms in total. The molecular formula is C16H26N2O2. The summed E-state index contributed by atoms with van der Waals surface area (Å²) in [5, 5.41) is 3.44. The number of carbonyl (C=O) groups is 1. The second-order valence-electron chi connectivity index (χ2n) is 4.73. The van der Waals surface area contributed by atoms with Crippen LogP contribution in [0.2, 0.25) is 0 Å². The molecule has 0 radical (unpaired) electrons. The second kappa shape index (κ2) is 9.50. The van der Waals surface area contributed by atoms with Crippen LogP contribution in [0.5, 0.6) is 0 Å². The highest BCUT2D eigenvalue weighted by atomic mass is 16.5. The lowest BCUT2D eigenvalue weighted by Crippen LogP contribution is -2.31. The lowest BCUT2D eigenvalue weighted by Gasteiger charge is -2.18. The van der Waals surface area contributed by atoms with Gasteiger partial charge in [0.1, 0.15) is 0 Å². The molecule has 112 valence electrons. The molecule has 1 rings (SSSR count). The van der Waals surface area contributed by atoms with Crippen LogP contribution >= 0.6 is 0 Å².